The first kappa shape index (κ1) is 27.3. The van der Waals surface area contributed by atoms with Gasteiger partial charge in [-0.15, -0.1) is 0 Å². The zero-order chi connectivity index (χ0) is 21.1. The molecule has 0 bridgehead atoms. The molecule has 166 valence electrons. The Balaban J connectivity index is 3.71. The van der Waals surface area contributed by atoms with Gasteiger partial charge in [0.2, 0.25) is 0 Å². The predicted molar refractivity (Wildman–Crippen MR) is 112 cm³/mol. The Morgan fingerprint density at radius 3 is 2.00 bits per heavy atom. The lowest BCUT2D eigenvalue weighted by atomic mass is 9.93. The smallest absolute Gasteiger partial charge is 0.301 e. The fourth-order valence-corrected chi connectivity index (χ4v) is 3.45. The quantitative estimate of drug-likeness (QED) is 0.0802. The van der Waals surface area contributed by atoms with Crippen molar-refractivity contribution in [1.82, 2.24) is 0 Å². The molecule has 0 aliphatic carbocycles. The lowest BCUT2D eigenvalue weighted by Gasteiger charge is -2.14. The highest BCUT2D eigenvalue weighted by atomic mass is 31.2. The van der Waals surface area contributed by atoms with E-state index in [0.717, 1.165) is 44.9 Å². The summed E-state index contributed by atoms with van der Waals surface area (Å²) in [4.78, 5) is 32.9. The number of unbranched alkanes of at least 4 members (excludes halogenated alkanes) is 9. The molecule has 0 spiro atoms. The van der Waals surface area contributed by atoms with Crippen LogP contribution < -0.4 is 0 Å². The molecule has 0 heterocycles. The molecule has 1 unspecified atom stereocenters. The van der Waals surface area contributed by atoms with Crippen LogP contribution in [0.2, 0.25) is 0 Å². The van der Waals surface area contributed by atoms with Crippen LogP contribution in [0.4, 0.5) is 0 Å². The van der Waals surface area contributed by atoms with Crippen LogP contribution in [0, 0.1) is 5.92 Å². The monoisotopic (exact) mass is 420 g/mol. The van der Waals surface area contributed by atoms with E-state index >= 15 is 0 Å². The van der Waals surface area contributed by atoms with Gasteiger partial charge in [-0.3, -0.25) is 4.89 Å². The third-order valence-electron chi connectivity index (χ3n) is 4.75. The van der Waals surface area contributed by atoms with E-state index in [9.17, 15) is 9.36 Å². The molecule has 6 nitrogen and oxygen atoms in total. The first-order valence-corrected chi connectivity index (χ1v) is 12.5. The van der Waals surface area contributed by atoms with Gasteiger partial charge in [-0.05, 0) is 38.0 Å². The molecule has 7 heteroatoms. The fourth-order valence-electron chi connectivity index (χ4n) is 3.27. The predicted octanol–water partition coefficient (Wildman–Crippen LogP) is 6.62. The lowest BCUT2D eigenvalue weighted by molar-refractivity contribution is -0.223. The Morgan fingerprint density at radius 2 is 1.43 bits per heavy atom. The van der Waals surface area contributed by atoms with Gasteiger partial charge in [0.05, 0.1) is 6.42 Å². The molecule has 28 heavy (non-hydrogen) atoms. The van der Waals surface area contributed by atoms with Gasteiger partial charge >= 0.3 is 13.8 Å². The van der Waals surface area contributed by atoms with Crippen LogP contribution in [0.15, 0.2) is 12.2 Å². The Morgan fingerprint density at radius 1 is 0.857 bits per heavy atom. The van der Waals surface area contributed by atoms with Crippen LogP contribution in [0.1, 0.15) is 110 Å². The van der Waals surface area contributed by atoms with Gasteiger partial charge < -0.3 is 9.79 Å². The van der Waals surface area contributed by atoms with Gasteiger partial charge in [-0.2, -0.15) is 0 Å². The molecule has 2 N–H and O–H groups in total. The van der Waals surface area contributed by atoms with E-state index in [-0.39, 0.29) is 12.3 Å². The molecule has 1 atom stereocenters. The maximum absolute atomic E-state index is 11.6. The zero-order valence-corrected chi connectivity index (χ0v) is 18.7. The van der Waals surface area contributed by atoms with E-state index in [1.54, 1.807) is 0 Å². The van der Waals surface area contributed by atoms with Crippen molar-refractivity contribution in [2.75, 3.05) is 0 Å². The molecule has 0 rings (SSSR count). The summed E-state index contributed by atoms with van der Waals surface area (Å²) in [5.41, 5.74) is 0. The summed E-state index contributed by atoms with van der Waals surface area (Å²) in [6.07, 6.45) is 21.1. The summed E-state index contributed by atoms with van der Waals surface area (Å²) >= 11 is 0. The average molecular weight is 421 g/mol. The van der Waals surface area contributed by atoms with Crippen molar-refractivity contribution in [2.24, 2.45) is 5.92 Å². The van der Waals surface area contributed by atoms with Crippen molar-refractivity contribution in [3.05, 3.63) is 12.2 Å². The minimum Gasteiger partial charge on any atom is -0.301 e. The van der Waals surface area contributed by atoms with Gasteiger partial charge in [0.1, 0.15) is 0 Å². The van der Waals surface area contributed by atoms with Gasteiger partial charge in [-0.1, -0.05) is 88.5 Å². The maximum Gasteiger partial charge on any atom is 0.505 e. The summed E-state index contributed by atoms with van der Waals surface area (Å²) in [5.74, 6) is -0.555. The van der Waals surface area contributed by atoms with E-state index in [1.807, 2.05) is 0 Å². The van der Waals surface area contributed by atoms with Crippen molar-refractivity contribution in [3.63, 3.8) is 0 Å². The van der Waals surface area contributed by atoms with E-state index in [0.29, 0.717) is 0 Å². The van der Waals surface area contributed by atoms with Crippen LogP contribution in [-0.2, 0) is 18.9 Å². The van der Waals surface area contributed by atoms with Crippen LogP contribution in [0.25, 0.3) is 0 Å². The summed E-state index contributed by atoms with van der Waals surface area (Å²) < 4.78 is 14.3. The van der Waals surface area contributed by atoms with Crippen LogP contribution in [0.3, 0.4) is 0 Å². The lowest BCUT2D eigenvalue weighted by Crippen LogP contribution is -2.12. The second-order valence-electron chi connectivity index (χ2n) is 7.55. The first-order chi connectivity index (χ1) is 13.4. The molecule has 0 aliphatic rings. The van der Waals surface area contributed by atoms with Crippen molar-refractivity contribution in [2.45, 2.75) is 110 Å². The molecular weight excluding hydrogens is 379 g/mol. The second kappa shape index (κ2) is 18.4. The molecule has 0 fully saturated rings. The number of rotatable bonds is 19. The summed E-state index contributed by atoms with van der Waals surface area (Å²) in [7, 11) is -4.78. The third-order valence-corrected chi connectivity index (χ3v) is 5.02. The number of carbonyl (C=O) groups is 1. The Labute approximate surface area is 171 Å². The Bertz CT molecular complexity index is 446. The van der Waals surface area contributed by atoms with Crippen LogP contribution in [0.5, 0.6) is 0 Å². The number of allylic oxidation sites excluding steroid dienone is 2. The van der Waals surface area contributed by atoms with E-state index in [2.05, 4.69) is 35.6 Å². The summed E-state index contributed by atoms with van der Waals surface area (Å²) in [6.45, 7) is 4.30. The zero-order valence-electron chi connectivity index (χ0n) is 17.8. The normalized spacial score (nSPS) is 13.1. The minimum absolute atomic E-state index is 0.131. The number of hydrogen-bond acceptors (Lipinski definition) is 4. The van der Waals surface area contributed by atoms with E-state index < -0.39 is 13.8 Å². The van der Waals surface area contributed by atoms with Crippen molar-refractivity contribution >= 4 is 13.8 Å². The van der Waals surface area contributed by atoms with Gasteiger partial charge in [0.25, 0.3) is 0 Å². The molecule has 0 aromatic carbocycles. The highest BCUT2D eigenvalue weighted by Gasteiger charge is 2.21. The number of carbonyl (C=O) groups excluding carboxylic acids is 1. The molecule has 0 amide bonds. The highest BCUT2D eigenvalue weighted by molar-refractivity contribution is 7.46. The van der Waals surface area contributed by atoms with E-state index in [4.69, 9.17) is 9.79 Å². The first-order valence-electron chi connectivity index (χ1n) is 11.0. The Hall–Kier alpha value is -0.680. The highest BCUT2D eigenvalue weighted by Crippen LogP contribution is 2.36. The largest absolute Gasteiger partial charge is 0.505 e. The summed E-state index contributed by atoms with van der Waals surface area (Å²) in [6, 6.07) is 0. The molecule has 0 saturated carbocycles. The third kappa shape index (κ3) is 20.1. The maximum atomic E-state index is 11.6. The summed E-state index contributed by atoms with van der Waals surface area (Å²) in [5, 5.41) is 0. The Kier molecular flexibility index (Phi) is 17.9. The molecule has 0 aromatic heterocycles. The average Bonchev–Trinajstić information content (AvgIpc) is 2.63. The molecule has 0 radical (unpaired) electrons. The van der Waals surface area contributed by atoms with Crippen molar-refractivity contribution in [3.8, 4) is 0 Å². The number of hydrogen-bond donors (Lipinski definition) is 2. The van der Waals surface area contributed by atoms with Crippen LogP contribution >= 0.6 is 7.82 Å². The fraction of sp³-hybridized carbons (Fsp3) is 0.857. The SMILES string of the molecule is CCCCCCCC/C=C\CCCCCC(CCC)CC(=O)OOP(=O)(O)O. The van der Waals surface area contributed by atoms with Crippen molar-refractivity contribution in [1.29, 1.82) is 0 Å². The second-order valence-corrected chi connectivity index (χ2v) is 8.68. The van der Waals surface area contributed by atoms with Gasteiger partial charge in [0.15, 0.2) is 0 Å². The van der Waals surface area contributed by atoms with E-state index in [1.165, 1.54) is 44.9 Å². The van der Waals surface area contributed by atoms with Crippen LogP contribution in [-0.4, -0.2) is 15.8 Å². The molecule has 0 aromatic rings. The molecule has 0 aliphatic heterocycles. The molecule has 0 saturated heterocycles. The molecular formula is C21H41O6P. The van der Waals surface area contributed by atoms with Gasteiger partial charge in [0, 0.05) is 0 Å². The van der Waals surface area contributed by atoms with Crippen molar-refractivity contribution < 1.29 is 28.7 Å². The van der Waals surface area contributed by atoms with Gasteiger partial charge in [-0.25, -0.2) is 9.36 Å². The number of phosphoric acid groups is 1. The minimum atomic E-state index is -4.78. The standard InChI is InChI=1S/C21H41O6P/c1-3-5-6-7-8-9-10-11-12-13-14-15-16-18-20(17-4-2)19-21(22)26-27-28(23,24)25/h11-12,20H,3-10,13-19H2,1-2H3,(H2,23,24,25)/b12-11-. The topological polar surface area (TPSA) is 93.1 Å².